The van der Waals surface area contributed by atoms with E-state index in [2.05, 4.69) is 6.07 Å². The topological polar surface area (TPSA) is 42.2 Å². The Kier molecular flexibility index (Phi) is 5.10. The molecule has 0 spiro atoms. The highest BCUT2D eigenvalue weighted by molar-refractivity contribution is 5.31. The van der Waals surface area contributed by atoms with Crippen LogP contribution in [0.5, 0.6) is 11.5 Å². The Labute approximate surface area is 90.2 Å². The SMILES string of the molecule is CCOc1ccc(OCCCC#N)cc1. The predicted octanol–water partition coefficient (Wildman–Crippen LogP) is 2.77. The third-order valence-electron chi connectivity index (χ3n) is 1.84. The van der Waals surface area contributed by atoms with Gasteiger partial charge in [0.25, 0.3) is 0 Å². The number of hydrogen-bond acceptors (Lipinski definition) is 3. The Bertz CT molecular complexity index is 313. The summed E-state index contributed by atoms with van der Waals surface area (Å²) in [4.78, 5) is 0. The Balaban J connectivity index is 2.33. The zero-order valence-corrected chi connectivity index (χ0v) is 8.90. The van der Waals surface area contributed by atoms with Crippen molar-refractivity contribution < 1.29 is 9.47 Å². The minimum Gasteiger partial charge on any atom is -0.494 e. The number of unbranched alkanes of at least 4 members (excludes halogenated alkanes) is 1. The molecule has 0 bridgehead atoms. The fourth-order valence-electron chi connectivity index (χ4n) is 1.14. The van der Waals surface area contributed by atoms with Crippen LogP contribution < -0.4 is 9.47 Å². The van der Waals surface area contributed by atoms with E-state index < -0.39 is 0 Å². The van der Waals surface area contributed by atoms with Gasteiger partial charge in [-0.2, -0.15) is 5.26 Å². The zero-order chi connectivity index (χ0) is 10.9. The van der Waals surface area contributed by atoms with Crippen molar-refractivity contribution in [3.8, 4) is 17.6 Å². The molecule has 3 heteroatoms. The summed E-state index contributed by atoms with van der Waals surface area (Å²) >= 11 is 0. The molecule has 1 aromatic rings. The van der Waals surface area contributed by atoms with Gasteiger partial charge in [0.05, 0.1) is 19.3 Å². The minimum atomic E-state index is 0.539. The molecule has 0 radical (unpaired) electrons. The average Bonchev–Trinajstić information content (AvgIpc) is 2.27. The smallest absolute Gasteiger partial charge is 0.119 e. The second-order valence-electron chi connectivity index (χ2n) is 3.01. The molecule has 3 nitrogen and oxygen atoms in total. The first-order valence-electron chi connectivity index (χ1n) is 5.09. The number of rotatable bonds is 6. The number of ether oxygens (including phenoxy) is 2. The summed E-state index contributed by atoms with van der Waals surface area (Å²) in [7, 11) is 0. The summed E-state index contributed by atoms with van der Waals surface area (Å²) < 4.78 is 10.7. The summed E-state index contributed by atoms with van der Waals surface area (Å²) in [6.07, 6.45) is 1.31. The van der Waals surface area contributed by atoms with Gasteiger partial charge in [-0.15, -0.1) is 0 Å². The van der Waals surface area contributed by atoms with E-state index in [-0.39, 0.29) is 0 Å². The molecule has 0 aromatic heterocycles. The molecule has 0 saturated heterocycles. The number of nitrogens with zero attached hydrogens (tertiary/aromatic N) is 1. The molecule has 15 heavy (non-hydrogen) atoms. The minimum absolute atomic E-state index is 0.539. The molecule has 0 heterocycles. The molecule has 0 atom stereocenters. The maximum atomic E-state index is 8.34. The van der Waals surface area contributed by atoms with Crippen LogP contribution in [0, 0.1) is 11.3 Å². The Morgan fingerprint density at radius 3 is 2.27 bits per heavy atom. The van der Waals surface area contributed by atoms with Gasteiger partial charge in [-0.05, 0) is 37.6 Å². The van der Waals surface area contributed by atoms with Gasteiger partial charge in [0.15, 0.2) is 0 Å². The zero-order valence-electron chi connectivity index (χ0n) is 8.90. The molecule has 0 aliphatic carbocycles. The standard InChI is InChI=1S/C12H15NO2/c1-2-14-11-5-7-12(8-6-11)15-10-4-3-9-13/h5-8H,2-4,10H2,1H3. The molecule has 0 aliphatic rings. The van der Waals surface area contributed by atoms with Crippen molar-refractivity contribution in [1.29, 1.82) is 5.26 Å². The van der Waals surface area contributed by atoms with E-state index in [0.717, 1.165) is 17.9 Å². The van der Waals surface area contributed by atoms with Crippen LogP contribution in [0.25, 0.3) is 0 Å². The Morgan fingerprint density at radius 2 is 1.73 bits per heavy atom. The molecule has 1 aromatic carbocycles. The molecule has 0 aliphatic heterocycles. The quantitative estimate of drug-likeness (QED) is 0.670. The van der Waals surface area contributed by atoms with Gasteiger partial charge in [-0.1, -0.05) is 0 Å². The van der Waals surface area contributed by atoms with Crippen molar-refractivity contribution in [2.24, 2.45) is 0 Å². The largest absolute Gasteiger partial charge is 0.494 e. The highest BCUT2D eigenvalue weighted by Crippen LogP contribution is 2.17. The lowest BCUT2D eigenvalue weighted by Crippen LogP contribution is -1.97. The van der Waals surface area contributed by atoms with E-state index in [4.69, 9.17) is 14.7 Å². The summed E-state index contributed by atoms with van der Waals surface area (Å²) in [6, 6.07) is 9.58. The van der Waals surface area contributed by atoms with Crippen LogP contribution in [-0.4, -0.2) is 13.2 Å². The van der Waals surface area contributed by atoms with Gasteiger partial charge < -0.3 is 9.47 Å². The first kappa shape index (κ1) is 11.4. The number of benzene rings is 1. The number of hydrogen-bond donors (Lipinski definition) is 0. The Hall–Kier alpha value is -1.69. The highest BCUT2D eigenvalue weighted by Gasteiger charge is 1.95. The fraction of sp³-hybridized carbons (Fsp3) is 0.417. The van der Waals surface area contributed by atoms with Crippen LogP contribution in [0.4, 0.5) is 0 Å². The number of nitriles is 1. The lowest BCUT2D eigenvalue weighted by molar-refractivity contribution is 0.310. The average molecular weight is 205 g/mol. The van der Waals surface area contributed by atoms with Crippen LogP contribution in [0.3, 0.4) is 0 Å². The van der Waals surface area contributed by atoms with Crippen LogP contribution in [0.1, 0.15) is 19.8 Å². The van der Waals surface area contributed by atoms with Crippen molar-refractivity contribution in [2.45, 2.75) is 19.8 Å². The third kappa shape index (κ3) is 4.37. The van der Waals surface area contributed by atoms with Crippen LogP contribution in [-0.2, 0) is 0 Å². The lowest BCUT2D eigenvalue weighted by atomic mass is 10.3. The fourth-order valence-corrected chi connectivity index (χ4v) is 1.14. The van der Waals surface area contributed by atoms with Gasteiger partial charge in [0.2, 0.25) is 0 Å². The Morgan fingerprint density at radius 1 is 1.13 bits per heavy atom. The second kappa shape index (κ2) is 6.72. The molecular weight excluding hydrogens is 190 g/mol. The van der Waals surface area contributed by atoms with Gasteiger partial charge in [-0.3, -0.25) is 0 Å². The molecular formula is C12H15NO2. The molecule has 0 amide bonds. The van der Waals surface area contributed by atoms with E-state index >= 15 is 0 Å². The monoisotopic (exact) mass is 205 g/mol. The second-order valence-corrected chi connectivity index (χ2v) is 3.01. The van der Waals surface area contributed by atoms with Crippen molar-refractivity contribution in [2.75, 3.05) is 13.2 Å². The molecule has 0 unspecified atom stereocenters. The maximum absolute atomic E-state index is 8.34. The first-order valence-corrected chi connectivity index (χ1v) is 5.09. The van der Waals surface area contributed by atoms with Crippen molar-refractivity contribution in [3.05, 3.63) is 24.3 Å². The third-order valence-corrected chi connectivity index (χ3v) is 1.84. The first-order chi connectivity index (χ1) is 7.36. The van der Waals surface area contributed by atoms with E-state index in [9.17, 15) is 0 Å². The summed E-state index contributed by atoms with van der Waals surface area (Å²) in [6.45, 7) is 3.20. The maximum Gasteiger partial charge on any atom is 0.119 e. The predicted molar refractivity (Wildman–Crippen MR) is 58.0 cm³/mol. The van der Waals surface area contributed by atoms with E-state index in [1.54, 1.807) is 0 Å². The van der Waals surface area contributed by atoms with E-state index in [0.29, 0.717) is 19.6 Å². The molecule has 0 saturated carbocycles. The van der Waals surface area contributed by atoms with Crippen molar-refractivity contribution >= 4 is 0 Å². The van der Waals surface area contributed by atoms with Crippen LogP contribution in [0.2, 0.25) is 0 Å². The van der Waals surface area contributed by atoms with Gasteiger partial charge >= 0.3 is 0 Å². The molecule has 80 valence electrons. The van der Waals surface area contributed by atoms with Crippen molar-refractivity contribution in [3.63, 3.8) is 0 Å². The van der Waals surface area contributed by atoms with E-state index in [1.807, 2.05) is 31.2 Å². The summed E-state index contributed by atoms with van der Waals surface area (Å²) in [5, 5.41) is 8.34. The van der Waals surface area contributed by atoms with Crippen LogP contribution in [0.15, 0.2) is 24.3 Å². The van der Waals surface area contributed by atoms with Gasteiger partial charge in [-0.25, -0.2) is 0 Å². The lowest BCUT2D eigenvalue weighted by Gasteiger charge is -2.06. The van der Waals surface area contributed by atoms with E-state index in [1.165, 1.54) is 0 Å². The molecule has 0 fully saturated rings. The van der Waals surface area contributed by atoms with Crippen LogP contribution >= 0.6 is 0 Å². The molecule has 1 rings (SSSR count). The summed E-state index contributed by atoms with van der Waals surface area (Å²) in [5.74, 6) is 1.67. The van der Waals surface area contributed by atoms with Gasteiger partial charge in [0, 0.05) is 6.42 Å². The normalized spacial score (nSPS) is 9.33. The van der Waals surface area contributed by atoms with Crippen molar-refractivity contribution in [1.82, 2.24) is 0 Å². The van der Waals surface area contributed by atoms with Gasteiger partial charge in [0.1, 0.15) is 11.5 Å². The summed E-state index contributed by atoms with van der Waals surface area (Å²) in [5.41, 5.74) is 0. The highest BCUT2D eigenvalue weighted by atomic mass is 16.5. The molecule has 0 N–H and O–H groups in total.